The topological polar surface area (TPSA) is 110 Å². The van der Waals surface area contributed by atoms with Crippen LogP contribution < -0.4 is 10.1 Å². The molecule has 3 aromatic rings. The minimum Gasteiger partial charge on any atom is -0.489 e. The van der Waals surface area contributed by atoms with E-state index in [0.717, 1.165) is 12.1 Å². The summed E-state index contributed by atoms with van der Waals surface area (Å²) in [6.07, 6.45) is -2.90. The number of benzene rings is 2. The van der Waals surface area contributed by atoms with Gasteiger partial charge in [-0.3, -0.25) is 9.79 Å². The van der Waals surface area contributed by atoms with Crippen molar-refractivity contribution in [1.29, 1.82) is 0 Å². The molecule has 0 spiro atoms. The Morgan fingerprint density at radius 3 is 2.51 bits per heavy atom. The predicted molar refractivity (Wildman–Crippen MR) is 134 cm³/mol. The Kier molecular flexibility index (Phi) is 11.0. The van der Waals surface area contributed by atoms with E-state index in [4.69, 9.17) is 14.4 Å². The van der Waals surface area contributed by atoms with Crippen LogP contribution in [0.4, 0.5) is 13.2 Å². The van der Waals surface area contributed by atoms with E-state index in [1.165, 1.54) is 18.3 Å². The Morgan fingerprint density at radius 1 is 1.19 bits per heavy atom. The fourth-order valence-electron chi connectivity index (χ4n) is 3.01. The lowest BCUT2D eigenvalue weighted by Crippen LogP contribution is -2.26. The van der Waals surface area contributed by atoms with Crippen molar-refractivity contribution in [2.75, 3.05) is 26.8 Å². The van der Waals surface area contributed by atoms with Crippen LogP contribution in [0.5, 0.6) is 5.75 Å². The minimum atomic E-state index is -4.42. The molecule has 11 heteroatoms. The number of aromatic nitrogens is 2. The summed E-state index contributed by atoms with van der Waals surface area (Å²) >= 11 is 0. The molecule has 0 aliphatic rings. The highest BCUT2D eigenvalue weighted by Crippen LogP contribution is 2.30. The lowest BCUT2D eigenvalue weighted by molar-refractivity contribution is -0.137. The maximum Gasteiger partial charge on any atom is 0.416 e. The maximum atomic E-state index is 12.7. The van der Waals surface area contributed by atoms with Crippen LogP contribution in [0.2, 0.25) is 0 Å². The van der Waals surface area contributed by atoms with Crippen molar-refractivity contribution in [3.8, 4) is 17.1 Å². The quantitative estimate of drug-likeness (QED) is 0.384. The van der Waals surface area contributed by atoms with E-state index >= 15 is 0 Å². The highest BCUT2D eigenvalue weighted by atomic mass is 19.4. The molecule has 1 heterocycles. The summed E-state index contributed by atoms with van der Waals surface area (Å²) in [5.74, 6) is 0.330. The van der Waals surface area contributed by atoms with E-state index in [1.54, 1.807) is 38.2 Å². The van der Waals surface area contributed by atoms with E-state index in [1.807, 2.05) is 13.8 Å². The standard InChI is InChI=1S/C24H23F3N4O4.C2H6/c1-15(14-34-19-8-6-18(7-9-19)24(25,26)27)20(13-28-2)23-30-21(31-35-23)16-4-3-5-17(12-16)22(33)29-10-11-32;1-2/h3-9,12-13,32H,10-11,14H2,1-2H3,(H,29,33);1-2H3/b20-15-,28-13?;. The summed E-state index contributed by atoms with van der Waals surface area (Å²) in [6.45, 7) is 5.76. The average molecular weight is 519 g/mol. The van der Waals surface area contributed by atoms with E-state index in [-0.39, 0.29) is 43.1 Å². The second kappa shape index (κ2) is 13.9. The van der Waals surface area contributed by atoms with Gasteiger partial charge in [0.1, 0.15) is 12.4 Å². The molecule has 1 aromatic heterocycles. The largest absolute Gasteiger partial charge is 0.489 e. The average Bonchev–Trinajstić information content (AvgIpc) is 3.40. The fraction of sp³-hybridized carbons (Fsp3) is 0.308. The van der Waals surface area contributed by atoms with Crippen molar-refractivity contribution in [2.24, 2.45) is 4.99 Å². The third kappa shape index (κ3) is 8.28. The van der Waals surface area contributed by atoms with Crippen LogP contribution in [0.3, 0.4) is 0 Å². The van der Waals surface area contributed by atoms with Gasteiger partial charge in [-0.05, 0) is 48.9 Å². The van der Waals surface area contributed by atoms with Crippen LogP contribution in [0.15, 0.2) is 63.6 Å². The van der Waals surface area contributed by atoms with Crippen LogP contribution in [0.1, 0.15) is 42.6 Å². The van der Waals surface area contributed by atoms with E-state index < -0.39 is 11.7 Å². The molecule has 3 rings (SSSR count). The van der Waals surface area contributed by atoms with Gasteiger partial charge in [-0.2, -0.15) is 18.2 Å². The molecule has 0 aliphatic carbocycles. The number of allylic oxidation sites excluding steroid dienone is 1. The molecule has 0 aliphatic heterocycles. The molecular formula is C26H29F3N4O4. The minimum absolute atomic E-state index is 0.0466. The number of hydrogen-bond acceptors (Lipinski definition) is 7. The van der Waals surface area contributed by atoms with Crippen molar-refractivity contribution in [3.63, 3.8) is 0 Å². The number of rotatable bonds is 9. The first-order valence-electron chi connectivity index (χ1n) is 11.5. The van der Waals surface area contributed by atoms with Gasteiger partial charge in [-0.25, -0.2) is 0 Å². The molecule has 0 atom stereocenters. The van der Waals surface area contributed by atoms with Gasteiger partial charge < -0.3 is 19.7 Å². The van der Waals surface area contributed by atoms with Crippen molar-refractivity contribution >= 4 is 17.7 Å². The summed E-state index contributed by atoms with van der Waals surface area (Å²) < 4.78 is 49.2. The van der Waals surface area contributed by atoms with E-state index in [9.17, 15) is 18.0 Å². The zero-order chi connectivity index (χ0) is 27.4. The molecule has 2 N–H and O–H groups in total. The van der Waals surface area contributed by atoms with Gasteiger partial charge in [-0.1, -0.05) is 31.1 Å². The second-order valence-corrected chi connectivity index (χ2v) is 7.38. The number of aliphatic hydroxyl groups is 1. The number of hydrogen-bond donors (Lipinski definition) is 2. The number of halogens is 3. The summed E-state index contributed by atoms with van der Waals surface area (Å²) in [5.41, 5.74) is 1.31. The van der Waals surface area contributed by atoms with Crippen molar-refractivity contribution in [1.82, 2.24) is 15.5 Å². The number of aliphatic hydroxyl groups excluding tert-OH is 1. The lowest BCUT2D eigenvalue weighted by atomic mass is 10.1. The molecule has 0 bridgehead atoms. The first kappa shape index (κ1) is 29.2. The molecule has 0 fully saturated rings. The highest BCUT2D eigenvalue weighted by molar-refractivity contribution is 6.09. The molecule has 8 nitrogen and oxygen atoms in total. The molecule has 0 radical (unpaired) electrons. The fourth-order valence-corrected chi connectivity index (χ4v) is 3.01. The van der Waals surface area contributed by atoms with Gasteiger partial charge >= 0.3 is 6.18 Å². The summed E-state index contributed by atoms with van der Waals surface area (Å²) in [7, 11) is 1.57. The maximum absolute atomic E-state index is 12.7. The van der Waals surface area contributed by atoms with Gasteiger partial charge in [0, 0.05) is 30.9 Å². The first-order chi connectivity index (χ1) is 17.7. The number of carbonyl (C=O) groups is 1. The van der Waals surface area contributed by atoms with Crippen molar-refractivity contribution in [3.05, 3.63) is 71.1 Å². The number of alkyl halides is 3. The zero-order valence-electron chi connectivity index (χ0n) is 21.0. The Hall–Kier alpha value is -3.99. The highest BCUT2D eigenvalue weighted by Gasteiger charge is 2.30. The number of amides is 1. The first-order valence-corrected chi connectivity index (χ1v) is 11.5. The molecule has 0 unspecified atom stereocenters. The smallest absolute Gasteiger partial charge is 0.416 e. The number of aliphatic imine (C=N–C) groups is 1. The number of ether oxygens (including phenoxy) is 1. The van der Waals surface area contributed by atoms with E-state index in [0.29, 0.717) is 22.3 Å². The SMILES string of the molecule is CC.CN=C/C(=C(\C)COc1ccc(C(F)(F)F)cc1)c1nc(-c2cccc(C(=O)NCCO)c2)no1. The number of carbonyl (C=O) groups excluding carboxylic acids is 1. The molecule has 2 aromatic carbocycles. The Morgan fingerprint density at radius 2 is 1.89 bits per heavy atom. The Balaban J connectivity index is 0.00000235. The van der Waals surface area contributed by atoms with Gasteiger partial charge in [0.2, 0.25) is 5.82 Å². The van der Waals surface area contributed by atoms with Gasteiger partial charge in [0.15, 0.2) is 0 Å². The molecular weight excluding hydrogens is 489 g/mol. The monoisotopic (exact) mass is 518 g/mol. The van der Waals surface area contributed by atoms with Crippen molar-refractivity contribution in [2.45, 2.75) is 26.9 Å². The summed E-state index contributed by atoms with van der Waals surface area (Å²) in [6, 6.07) is 11.0. The molecule has 37 heavy (non-hydrogen) atoms. The van der Waals surface area contributed by atoms with Crippen LogP contribution >= 0.6 is 0 Å². The molecule has 198 valence electrons. The third-order valence-electron chi connectivity index (χ3n) is 4.79. The van der Waals surface area contributed by atoms with Crippen LogP contribution in [0, 0.1) is 0 Å². The summed E-state index contributed by atoms with van der Waals surface area (Å²) in [4.78, 5) is 20.6. The number of nitrogens with zero attached hydrogens (tertiary/aromatic N) is 3. The molecule has 0 saturated carbocycles. The predicted octanol–water partition coefficient (Wildman–Crippen LogP) is 5.06. The van der Waals surface area contributed by atoms with Gasteiger partial charge in [-0.15, -0.1) is 0 Å². The lowest BCUT2D eigenvalue weighted by Gasteiger charge is -2.10. The molecule has 0 saturated heterocycles. The van der Waals surface area contributed by atoms with Crippen molar-refractivity contribution < 1.29 is 32.3 Å². The van der Waals surface area contributed by atoms with Gasteiger partial charge in [0.05, 0.1) is 17.7 Å². The Labute approximate surface area is 212 Å². The van der Waals surface area contributed by atoms with Gasteiger partial charge in [0.25, 0.3) is 11.8 Å². The van der Waals surface area contributed by atoms with Crippen LogP contribution in [0.25, 0.3) is 17.0 Å². The second-order valence-electron chi connectivity index (χ2n) is 7.38. The molecule has 1 amide bonds. The zero-order valence-corrected chi connectivity index (χ0v) is 21.0. The number of nitrogens with one attached hydrogen (secondary N) is 1. The summed E-state index contributed by atoms with van der Waals surface area (Å²) in [5, 5.41) is 15.4. The van der Waals surface area contributed by atoms with Crippen LogP contribution in [-0.4, -0.2) is 54.2 Å². The normalized spacial score (nSPS) is 12.0. The third-order valence-corrected chi connectivity index (χ3v) is 4.79. The Bertz CT molecular complexity index is 1220. The van der Waals surface area contributed by atoms with Crippen LogP contribution in [-0.2, 0) is 6.18 Å². The van der Waals surface area contributed by atoms with E-state index in [2.05, 4.69) is 20.4 Å².